The Morgan fingerprint density at radius 3 is 2.67 bits per heavy atom. The lowest BCUT2D eigenvalue weighted by Gasteiger charge is -2.08. The molecule has 3 rings (SSSR count). The minimum absolute atomic E-state index is 0.280. The third kappa shape index (κ3) is 2.94. The third-order valence-electron chi connectivity index (χ3n) is 3.40. The van der Waals surface area contributed by atoms with Gasteiger partial charge in [-0.3, -0.25) is 4.68 Å². The first-order chi connectivity index (χ1) is 10.1. The molecule has 108 valence electrons. The summed E-state index contributed by atoms with van der Waals surface area (Å²) < 4.78 is 7.02. The normalized spacial score (nSPS) is 12.5. The van der Waals surface area contributed by atoms with Crippen molar-refractivity contribution in [2.45, 2.75) is 19.3 Å². The summed E-state index contributed by atoms with van der Waals surface area (Å²) in [4.78, 5) is 4.40. The summed E-state index contributed by atoms with van der Waals surface area (Å²) in [7, 11) is 1.85. The van der Waals surface area contributed by atoms with E-state index in [4.69, 9.17) is 10.3 Å². The third-order valence-corrected chi connectivity index (χ3v) is 3.40. The molecule has 2 heterocycles. The molecule has 0 aliphatic rings. The Labute approximate surface area is 122 Å². The van der Waals surface area contributed by atoms with Gasteiger partial charge in [-0.15, -0.1) is 0 Å². The number of anilines is 1. The van der Waals surface area contributed by atoms with Gasteiger partial charge in [-0.25, -0.2) is 0 Å². The molecule has 2 aromatic heterocycles. The zero-order chi connectivity index (χ0) is 14.8. The van der Waals surface area contributed by atoms with Crippen LogP contribution in [0.15, 0.2) is 41.1 Å². The van der Waals surface area contributed by atoms with E-state index in [9.17, 15) is 0 Å². The van der Waals surface area contributed by atoms with Crippen molar-refractivity contribution in [1.82, 2.24) is 19.9 Å². The first-order valence-electron chi connectivity index (χ1n) is 6.80. The Balaban J connectivity index is 1.73. The molecule has 0 aliphatic carbocycles. The Morgan fingerprint density at radius 1 is 1.24 bits per heavy atom. The quantitative estimate of drug-likeness (QED) is 0.743. The van der Waals surface area contributed by atoms with Crippen LogP contribution < -0.4 is 5.73 Å². The van der Waals surface area contributed by atoms with Crippen LogP contribution in [0.4, 0.5) is 5.69 Å². The Morgan fingerprint density at radius 2 is 2.00 bits per heavy atom. The summed E-state index contributed by atoms with van der Waals surface area (Å²) in [6.07, 6.45) is 2.53. The van der Waals surface area contributed by atoms with E-state index in [1.165, 1.54) is 5.56 Å². The minimum atomic E-state index is 0.280. The number of benzene rings is 1. The largest absolute Gasteiger partial charge is 0.399 e. The van der Waals surface area contributed by atoms with E-state index in [-0.39, 0.29) is 5.92 Å². The SMILES string of the molecule is CC(Cc1nc(-c2ccn(C)n2)no1)c1ccc(N)cc1. The van der Waals surface area contributed by atoms with E-state index >= 15 is 0 Å². The van der Waals surface area contributed by atoms with Gasteiger partial charge in [-0.05, 0) is 29.7 Å². The summed E-state index contributed by atoms with van der Waals surface area (Å²) in [6, 6.07) is 9.71. The summed E-state index contributed by atoms with van der Waals surface area (Å²) >= 11 is 0. The summed E-state index contributed by atoms with van der Waals surface area (Å²) in [5.41, 5.74) is 8.38. The smallest absolute Gasteiger partial charge is 0.227 e. The van der Waals surface area contributed by atoms with Crippen LogP contribution in [0.2, 0.25) is 0 Å². The lowest BCUT2D eigenvalue weighted by Crippen LogP contribution is -1.99. The van der Waals surface area contributed by atoms with Crippen molar-refractivity contribution in [2.24, 2.45) is 7.05 Å². The molecule has 3 aromatic rings. The lowest BCUT2D eigenvalue weighted by atomic mass is 9.98. The van der Waals surface area contributed by atoms with E-state index in [1.54, 1.807) is 4.68 Å². The van der Waals surface area contributed by atoms with Crippen LogP contribution in [0.1, 0.15) is 24.3 Å². The molecular formula is C15H17N5O. The van der Waals surface area contributed by atoms with Gasteiger partial charge in [-0.2, -0.15) is 10.1 Å². The highest BCUT2D eigenvalue weighted by atomic mass is 16.5. The highest BCUT2D eigenvalue weighted by molar-refractivity contribution is 5.46. The van der Waals surface area contributed by atoms with E-state index in [0.29, 0.717) is 23.8 Å². The second kappa shape index (κ2) is 5.40. The molecule has 0 saturated heterocycles. The van der Waals surface area contributed by atoms with Crippen molar-refractivity contribution < 1.29 is 4.52 Å². The Hall–Kier alpha value is -2.63. The molecule has 0 amide bonds. The number of nitrogens with two attached hydrogens (primary N) is 1. The fourth-order valence-electron chi connectivity index (χ4n) is 2.18. The molecule has 0 bridgehead atoms. The van der Waals surface area contributed by atoms with Gasteiger partial charge in [0.25, 0.3) is 0 Å². The second-order valence-electron chi connectivity index (χ2n) is 5.16. The van der Waals surface area contributed by atoms with Crippen LogP contribution in [0.3, 0.4) is 0 Å². The Bertz CT molecular complexity index is 729. The number of aryl methyl sites for hydroxylation is 1. The van der Waals surface area contributed by atoms with Crippen LogP contribution in [-0.4, -0.2) is 19.9 Å². The van der Waals surface area contributed by atoms with Gasteiger partial charge in [0, 0.05) is 25.4 Å². The van der Waals surface area contributed by atoms with Gasteiger partial charge in [0.1, 0.15) is 5.69 Å². The first kappa shape index (κ1) is 13.4. The Kier molecular flexibility index (Phi) is 3.43. The summed E-state index contributed by atoms with van der Waals surface area (Å²) in [5.74, 6) is 1.41. The molecule has 0 radical (unpaired) electrons. The standard InChI is InChI=1S/C15H17N5O/c1-10(11-3-5-12(16)6-4-11)9-14-17-15(19-21-14)13-7-8-20(2)18-13/h3-8,10H,9,16H2,1-2H3. The molecule has 1 atom stereocenters. The van der Waals surface area contributed by atoms with Crippen molar-refractivity contribution in [2.75, 3.05) is 5.73 Å². The van der Waals surface area contributed by atoms with E-state index in [2.05, 4.69) is 22.2 Å². The number of rotatable bonds is 4. The lowest BCUT2D eigenvalue weighted by molar-refractivity contribution is 0.372. The molecule has 1 aromatic carbocycles. The first-order valence-corrected chi connectivity index (χ1v) is 6.80. The summed E-state index contributed by atoms with van der Waals surface area (Å²) in [6.45, 7) is 2.12. The van der Waals surface area contributed by atoms with Crippen LogP contribution in [-0.2, 0) is 13.5 Å². The highest BCUT2D eigenvalue weighted by Crippen LogP contribution is 2.22. The van der Waals surface area contributed by atoms with Crippen LogP contribution in [0.5, 0.6) is 0 Å². The monoisotopic (exact) mass is 283 g/mol. The van der Waals surface area contributed by atoms with Gasteiger partial charge in [0.15, 0.2) is 0 Å². The molecule has 6 nitrogen and oxygen atoms in total. The zero-order valence-electron chi connectivity index (χ0n) is 12.0. The fraction of sp³-hybridized carbons (Fsp3) is 0.267. The fourth-order valence-corrected chi connectivity index (χ4v) is 2.18. The van der Waals surface area contributed by atoms with Crippen LogP contribution in [0.25, 0.3) is 11.5 Å². The molecule has 1 unspecified atom stereocenters. The molecule has 21 heavy (non-hydrogen) atoms. The molecule has 2 N–H and O–H groups in total. The number of nitrogen functional groups attached to an aromatic ring is 1. The topological polar surface area (TPSA) is 82.8 Å². The van der Waals surface area contributed by atoms with Crippen LogP contribution >= 0.6 is 0 Å². The average molecular weight is 283 g/mol. The number of aromatic nitrogens is 4. The van der Waals surface area contributed by atoms with Crippen molar-refractivity contribution in [1.29, 1.82) is 0 Å². The maximum absolute atomic E-state index is 5.70. The zero-order valence-corrected chi connectivity index (χ0v) is 12.0. The van der Waals surface area contributed by atoms with Crippen molar-refractivity contribution in [3.8, 4) is 11.5 Å². The van der Waals surface area contributed by atoms with E-state index in [0.717, 1.165) is 5.69 Å². The molecular weight excluding hydrogens is 266 g/mol. The van der Waals surface area contributed by atoms with Gasteiger partial charge in [-0.1, -0.05) is 24.2 Å². The molecule has 6 heteroatoms. The van der Waals surface area contributed by atoms with Gasteiger partial charge in [0.05, 0.1) is 0 Å². The molecule has 0 fully saturated rings. The van der Waals surface area contributed by atoms with Crippen molar-refractivity contribution in [3.63, 3.8) is 0 Å². The van der Waals surface area contributed by atoms with Crippen molar-refractivity contribution >= 4 is 5.69 Å². The highest BCUT2D eigenvalue weighted by Gasteiger charge is 2.14. The maximum Gasteiger partial charge on any atom is 0.227 e. The number of nitrogens with zero attached hydrogens (tertiary/aromatic N) is 4. The molecule has 0 aliphatic heterocycles. The van der Waals surface area contributed by atoms with E-state index in [1.807, 2.05) is 43.6 Å². The summed E-state index contributed by atoms with van der Waals surface area (Å²) in [5, 5.41) is 8.24. The van der Waals surface area contributed by atoms with Gasteiger partial charge in [0.2, 0.25) is 11.7 Å². The minimum Gasteiger partial charge on any atom is -0.399 e. The molecule has 0 spiro atoms. The maximum atomic E-state index is 5.70. The van der Waals surface area contributed by atoms with E-state index < -0.39 is 0 Å². The van der Waals surface area contributed by atoms with Crippen LogP contribution in [0, 0.1) is 0 Å². The predicted molar refractivity (Wildman–Crippen MR) is 79.5 cm³/mol. The van der Waals surface area contributed by atoms with Gasteiger partial charge >= 0.3 is 0 Å². The number of hydrogen-bond acceptors (Lipinski definition) is 5. The predicted octanol–water partition coefficient (Wildman–Crippen LogP) is 2.40. The molecule has 0 saturated carbocycles. The second-order valence-corrected chi connectivity index (χ2v) is 5.16. The number of hydrogen-bond donors (Lipinski definition) is 1. The average Bonchev–Trinajstić information content (AvgIpc) is 3.08. The van der Waals surface area contributed by atoms with Gasteiger partial charge < -0.3 is 10.3 Å². The van der Waals surface area contributed by atoms with Crippen molar-refractivity contribution in [3.05, 3.63) is 48.0 Å².